The van der Waals surface area contributed by atoms with Crippen LogP contribution in [0.1, 0.15) is 12.0 Å². The second-order valence-corrected chi connectivity index (χ2v) is 7.40. The summed E-state index contributed by atoms with van der Waals surface area (Å²) >= 11 is 0. The van der Waals surface area contributed by atoms with Crippen LogP contribution in [-0.2, 0) is 16.4 Å². The highest BCUT2D eigenvalue weighted by Crippen LogP contribution is 2.37. The third-order valence-corrected chi connectivity index (χ3v) is 6.00. The minimum absolute atomic E-state index is 0.162. The van der Waals surface area contributed by atoms with Crippen LogP contribution in [0.25, 0.3) is 0 Å². The summed E-state index contributed by atoms with van der Waals surface area (Å²) in [6.07, 6.45) is 1.51. The first kappa shape index (κ1) is 16.4. The minimum atomic E-state index is -3.71. The summed E-state index contributed by atoms with van der Waals surface area (Å²) in [5.74, 6) is 0.864. The molecule has 0 aromatic heterocycles. The number of nitrogens with two attached hydrogens (primary N) is 1. The number of sulfonamides is 1. The highest BCUT2D eigenvalue weighted by Gasteiger charge is 2.30. The standard InChI is InChI=1S/C17H20N2O4S/c1-22-16-9-8-12(11-17(16)23-2)24(20,21)19-10-4-5-13-14(18)6-3-7-15(13)19/h3,6-9,11H,4-5,10,18H2,1-2H3. The smallest absolute Gasteiger partial charge is 0.264 e. The predicted molar refractivity (Wildman–Crippen MR) is 93.3 cm³/mol. The van der Waals surface area contributed by atoms with Crippen LogP contribution in [-0.4, -0.2) is 29.2 Å². The highest BCUT2D eigenvalue weighted by molar-refractivity contribution is 7.92. The minimum Gasteiger partial charge on any atom is -0.493 e. The first-order valence-corrected chi connectivity index (χ1v) is 9.05. The van der Waals surface area contributed by atoms with E-state index in [4.69, 9.17) is 15.2 Å². The third-order valence-electron chi connectivity index (χ3n) is 4.19. The lowest BCUT2D eigenvalue weighted by Gasteiger charge is -2.31. The van der Waals surface area contributed by atoms with E-state index in [0.717, 1.165) is 18.4 Å². The van der Waals surface area contributed by atoms with Crippen molar-refractivity contribution < 1.29 is 17.9 Å². The molecule has 2 aromatic rings. The van der Waals surface area contributed by atoms with Crippen molar-refractivity contribution in [2.75, 3.05) is 30.8 Å². The largest absolute Gasteiger partial charge is 0.493 e. The van der Waals surface area contributed by atoms with Gasteiger partial charge in [0.2, 0.25) is 0 Å². The number of hydrogen-bond donors (Lipinski definition) is 1. The summed E-state index contributed by atoms with van der Waals surface area (Å²) in [6.45, 7) is 0.424. The predicted octanol–water partition coefficient (Wildman–Crippen LogP) is 2.43. The monoisotopic (exact) mass is 348 g/mol. The van der Waals surface area contributed by atoms with Crippen LogP contribution in [0.2, 0.25) is 0 Å². The van der Waals surface area contributed by atoms with E-state index in [1.54, 1.807) is 24.3 Å². The molecule has 1 aliphatic heterocycles. The van der Waals surface area contributed by atoms with E-state index in [2.05, 4.69) is 0 Å². The Morgan fingerprint density at radius 2 is 1.83 bits per heavy atom. The van der Waals surface area contributed by atoms with Crippen LogP contribution < -0.4 is 19.5 Å². The average molecular weight is 348 g/mol. The van der Waals surface area contributed by atoms with E-state index in [1.807, 2.05) is 0 Å². The average Bonchev–Trinajstić information content (AvgIpc) is 2.61. The van der Waals surface area contributed by atoms with Crippen molar-refractivity contribution in [1.29, 1.82) is 0 Å². The van der Waals surface area contributed by atoms with E-state index in [-0.39, 0.29) is 4.90 Å². The lowest BCUT2D eigenvalue weighted by molar-refractivity contribution is 0.354. The summed E-state index contributed by atoms with van der Waals surface area (Å²) in [7, 11) is -0.721. The van der Waals surface area contributed by atoms with Crippen molar-refractivity contribution in [3.63, 3.8) is 0 Å². The van der Waals surface area contributed by atoms with Gasteiger partial charge in [-0.3, -0.25) is 4.31 Å². The van der Waals surface area contributed by atoms with Crippen LogP contribution in [0.5, 0.6) is 11.5 Å². The normalized spacial score (nSPS) is 14.2. The first-order valence-electron chi connectivity index (χ1n) is 7.61. The molecule has 0 fully saturated rings. The van der Waals surface area contributed by atoms with Crippen molar-refractivity contribution in [3.05, 3.63) is 42.0 Å². The maximum atomic E-state index is 13.1. The Balaban J connectivity index is 2.09. The number of fused-ring (bicyclic) bond motifs is 1. The van der Waals surface area contributed by atoms with Crippen LogP contribution in [0.3, 0.4) is 0 Å². The zero-order valence-electron chi connectivity index (χ0n) is 13.7. The highest BCUT2D eigenvalue weighted by atomic mass is 32.2. The molecule has 7 heteroatoms. The Morgan fingerprint density at radius 1 is 1.08 bits per heavy atom. The lowest BCUT2D eigenvalue weighted by atomic mass is 10.0. The van der Waals surface area contributed by atoms with Crippen molar-refractivity contribution >= 4 is 21.4 Å². The zero-order chi connectivity index (χ0) is 17.3. The summed E-state index contributed by atoms with van der Waals surface area (Å²) in [5, 5.41) is 0. The van der Waals surface area contributed by atoms with Gasteiger partial charge in [0.05, 0.1) is 24.8 Å². The Hall–Kier alpha value is -2.41. The van der Waals surface area contributed by atoms with Gasteiger partial charge in [0.15, 0.2) is 11.5 Å². The maximum absolute atomic E-state index is 13.1. The van der Waals surface area contributed by atoms with Crippen molar-refractivity contribution in [2.24, 2.45) is 0 Å². The molecule has 2 aromatic carbocycles. The van der Waals surface area contributed by atoms with Crippen LogP contribution in [0.15, 0.2) is 41.3 Å². The second-order valence-electron chi connectivity index (χ2n) is 5.54. The molecule has 0 aliphatic carbocycles. The number of rotatable bonds is 4. The molecule has 2 N–H and O–H groups in total. The molecule has 0 atom stereocenters. The second kappa shape index (κ2) is 6.24. The Kier molecular flexibility index (Phi) is 4.28. The molecule has 3 rings (SSSR count). The number of anilines is 2. The van der Waals surface area contributed by atoms with Gasteiger partial charge in [-0.05, 0) is 42.7 Å². The Bertz CT molecular complexity index is 865. The molecule has 128 valence electrons. The fraction of sp³-hybridized carbons (Fsp3) is 0.294. The number of methoxy groups -OCH3 is 2. The van der Waals surface area contributed by atoms with E-state index < -0.39 is 10.0 Å². The third kappa shape index (κ3) is 2.65. The van der Waals surface area contributed by atoms with E-state index in [1.165, 1.54) is 30.7 Å². The number of nitrogen functional groups attached to an aromatic ring is 1. The molecular weight excluding hydrogens is 328 g/mol. The molecule has 0 bridgehead atoms. The molecule has 6 nitrogen and oxygen atoms in total. The number of ether oxygens (including phenoxy) is 2. The first-order chi connectivity index (χ1) is 11.5. The summed E-state index contributed by atoms with van der Waals surface area (Å²) < 4.78 is 38.0. The fourth-order valence-corrected chi connectivity index (χ4v) is 4.52. The Labute approximate surface area is 141 Å². The van der Waals surface area contributed by atoms with Crippen LogP contribution >= 0.6 is 0 Å². The van der Waals surface area contributed by atoms with Gasteiger partial charge in [-0.2, -0.15) is 0 Å². The molecule has 1 aliphatic rings. The van der Waals surface area contributed by atoms with Gasteiger partial charge in [0, 0.05) is 18.3 Å². The fourth-order valence-electron chi connectivity index (χ4n) is 2.97. The van der Waals surface area contributed by atoms with Gasteiger partial charge < -0.3 is 15.2 Å². The Morgan fingerprint density at radius 3 is 2.54 bits per heavy atom. The van der Waals surface area contributed by atoms with Crippen LogP contribution in [0, 0.1) is 0 Å². The zero-order valence-corrected chi connectivity index (χ0v) is 14.5. The molecule has 0 saturated carbocycles. The molecule has 0 saturated heterocycles. The van der Waals surface area contributed by atoms with Gasteiger partial charge in [-0.15, -0.1) is 0 Å². The topological polar surface area (TPSA) is 81.9 Å². The van der Waals surface area contributed by atoms with Gasteiger partial charge >= 0.3 is 0 Å². The van der Waals surface area contributed by atoms with Crippen molar-refractivity contribution in [2.45, 2.75) is 17.7 Å². The lowest BCUT2D eigenvalue weighted by Crippen LogP contribution is -2.35. The van der Waals surface area contributed by atoms with E-state index in [0.29, 0.717) is 29.4 Å². The van der Waals surface area contributed by atoms with E-state index >= 15 is 0 Å². The molecule has 24 heavy (non-hydrogen) atoms. The molecule has 0 unspecified atom stereocenters. The maximum Gasteiger partial charge on any atom is 0.264 e. The molecular formula is C17H20N2O4S. The van der Waals surface area contributed by atoms with Gasteiger partial charge in [-0.25, -0.2) is 8.42 Å². The van der Waals surface area contributed by atoms with Crippen LogP contribution in [0.4, 0.5) is 11.4 Å². The summed E-state index contributed by atoms with van der Waals surface area (Å²) in [4.78, 5) is 0.162. The summed E-state index contributed by atoms with van der Waals surface area (Å²) in [5.41, 5.74) is 8.17. The molecule has 1 heterocycles. The van der Waals surface area contributed by atoms with Crippen molar-refractivity contribution in [1.82, 2.24) is 0 Å². The van der Waals surface area contributed by atoms with Gasteiger partial charge in [0.25, 0.3) is 10.0 Å². The molecule has 0 amide bonds. The summed E-state index contributed by atoms with van der Waals surface area (Å²) in [6, 6.07) is 9.97. The number of nitrogens with zero attached hydrogens (tertiary/aromatic N) is 1. The van der Waals surface area contributed by atoms with Gasteiger partial charge in [0.1, 0.15) is 0 Å². The molecule has 0 spiro atoms. The quantitative estimate of drug-likeness (QED) is 0.858. The SMILES string of the molecule is COc1ccc(S(=O)(=O)N2CCCc3c(N)cccc32)cc1OC. The number of benzene rings is 2. The van der Waals surface area contributed by atoms with E-state index in [9.17, 15) is 8.42 Å². The molecule has 0 radical (unpaired) electrons. The van der Waals surface area contributed by atoms with Gasteiger partial charge in [-0.1, -0.05) is 6.07 Å². The van der Waals surface area contributed by atoms with Crippen molar-refractivity contribution in [3.8, 4) is 11.5 Å². The number of hydrogen-bond acceptors (Lipinski definition) is 5.